The second-order valence-electron chi connectivity index (χ2n) is 6.66. The maximum Gasteiger partial charge on any atom is 0.126 e. The van der Waals surface area contributed by atoms with Crippen LogP contribution in [0.3, 0.4) is 0 Å². The molecule has 0 radical (unpaired) electrons. The van der Waals surface area contributed by atoms with Crippen molar-refractivity contribution < 1.29 is 9.13 Å². The van der Waals surface area contributed by atoms with Crippen LogP contribution in [0.2, 0.25) is 0 Å². The van der Waals surface area contributed by atoms with Crippen LogP contribution in [0.15, 0.2) is 60.9 Å². The Hall–Kier alpha value is -2.72. The van der Waals surface area contributed by atoms with E-state index in [0.29, 0.717) is 5.75 Å². The Morgan fingerprint density at radius 3 is 2.77 bits per heavy atom. The Labute approximate surface area is 153 Å². The van der Waals surface area contributed by atoms with E-state index in [-0.39, 0.29) is 5.82 Å². The molecular weight excluding hydrogens is 327 g/mol. The molecule has 0 saturated carbocycles. The zero-order valence-electron chi connectivity index (χ0n) is 14.8. The van der Waals surface area contributed by atoms with Crippen molar-refractivity contribution >= 4 is 0 Å². The van der Waals surface area contributed by atoms with Gasteiger partial charge in [0.1, 0.15) is 11.6 Å². The predicted octanol–water partition coefficient (Wildman–Crippen LogP) is 4.45. The minimum Gasteiger partial charge on any atom is -0.496 e. The van der Waals surface area contributed by atoms with Crippen molar-refractivity contribution in [3.8, 4) is 16.9 Å². The van der Waals surface area contributed by atoms with Crippen molar-refractivity contribution in [3.63, 3.8) is 0 Å². The Kier molecular flexibility index (Phi) is 4.67. The number of hydrogen-bond donors (Lipinski definition) is 0. The number of fused-ring (bicyclic) bond motifs is 1. The molecule has 3 aromatic rings. The van der Waals surface area contributed by atoms with Crippen LogP contribution in [0, 0.1) is 5.82 Å². The molecule has 4 heteroatoms. The number of hydrogen-bond acceptors (Lipinski definition) is 3. The van der Waals surface area contributed by atoms with E-state index >= 15 is 0 Å². The molecule has 0 saturated heterocycles. The lowest BCUT2D eigenvalue weighted by Gasteiger charge is -2.28. The van der Waals surface area contributed by atoms with Crippen LogP contribution in [0.4, 0.5) is 4.39 Å². The van der Waals surface area contributed by atoms with Crippen molar-refractivity contribution in [2.75, 3.05) is 13.7 Å². The summed E-state index contributed by atoms with van der Waals surface area (Å²) in [6.07, 6.45) is 4.71. The average Bonchev–Trinajstić information content (AvgIpc) is 2.68. The second-order valence-corrected chi connectivity index (χ2v) is 6.66. The summed E-state index contributed by atoms with van der Waals surface area (Å²) in [6.45, 7) is 2.81. The van der Waals surface area contributed by atoms with Gasteiger partial charge in [-0.1, -0.05) is 24.3 Å². The first-order chi connectivity index (χ1) is 12.7. The van der Waals surface area contributed by atoms with Crippen molar-refractivity contribution in [3.05, 3.63) is 83.4 Å². The lowest BCUT2D eigenvalue weighted by atomic mass is 9.99. The summed E-state index contributed by atoms with van der Waals surface area (Å²) in [5.74, 6) is 0.371. The highest BCUT2D eigenvalue weighted by Crippen LogP contribution is 2.31. The Morgan fingerprint density at radius 2 is 1.92 bits per heavy atom. The van der Waals surface area contributed by atoms with Crippen molar-refractivity contribution in [1.29, 1.82) is 0 Å². The van der Waals surface area contributed by atoms with Gasteiger partial charge in [-0.25, -0.2) is 4.39 Å². The molecule has 4 rings (SSSR count). The number of pyridine rings is 1. The van der Waals surface area contributed by atoms with E-state index in [4.69, 9.17) is 4.74 Å². The Balaban J connectivity index is 1.57. The number of methoxy groups -OCH3 is 1. The SMILES string of the molecule is COc1ccc(F)cc1-c1cncc(CN2CCc3ccccc3C2)c1. The number of halogens is 1. The van der Waals surface area contributed by atoms with Gasteiger partial charge in [0.05, 0.1) is 7.11 Å². The first-order valence-electron chi connectivity index (χ1n) is 8.80. The molecule has 2 heterocycles. The summed E-state index contributed by atoms with van der Waals surface area (Å²) in [5.41, 5.74) is 5.56. The zero-order chi connectivity index (χ0) is 17.9. The van der Waals surface area contributed by atoms with Gasteiger partial charge in [0.25, 0.3) is 0 Å². The standard InChI is InChI=1S/C22H21FN2O/c1-26-22-7-6-20(23)11-21(22)19-10-16(12-24-13-19)14-25-9-8-17-4-2-3-5-18(17)15-25/h2-7,10-13H,8-9,14-15H2,1H3. The van der Waals surface area contributed by atoms with Crippen LogP contribution in [0.5, 0.6) is 5.75 Å². The first-order valence-corrected chi connectivity index (χ1v) is 8.80. The Bertz CT molecular complexity index is 926. The van der Waals surface area contributed by atoms with E-state index in [9.17, 15) is 4.39 Å². The van der Waals surface area contributed by atoms with E-state index in [2.05, 4.69) is 40.2 Å². The highest BCUT2D eigenvalue weighted by atomic mass is 19.1. The summed E-state index contributed by atoms with van der Waals surface area (Å²) in [6, 6.07) is 15.2. The molecule has 0 bridgehead atoms. The van der Waals surface area contributed by atoms with Gasteiger partial charge in [0, 0.05) is 43.2 Å². The average molecular weight is 348 g/mol. The maximum absolute atomic E-state index is 13.7. The third-order valence-corrected chi connectivity index (χ3v) is 4.88. The largest absolute Gasteiger partial charge is 0.496 e. The van der Waals surface area contributed by atoms with Crippen LogP contribution >= 0.6 is 0 Å². The van der Waals surface area contributed by atoms with Gasteiger partial charge in [-0.15, -0.1) is 0 Å². The van der Waals surface area contributed by atoms with E-state index in [1.54, 1.807) is 19.4 Å². The van der Waals surface area contributed by atoms with Crippen LogP contribution in [-0.2, 0) is 19.5 Å². The molecule has 0 spiro atoms. The predicted molar refractivity (Wildman–Crippen MR) is 100 cm³/mol. The zero-order valence-corrected chi connectivity index (χ0v) is 14.8. The van der Waals surface area contributed by atoms with E-state index in [1.165, 1.54) is 23.3 Å². The third-order valence-electron chi connectivity index (χ3n) is 4.88. The molecule has 0 atom stereocenters. The van der Waals surface area contributed by atoms with Gasteiger partial charge in [-0.3, -0.25) is 9.88 Å². The number of nitrogens with zero attached hydrogens (tertiary/aromatic N) is 2. The number of rotatable bonds is 4. The number of aromatic nitrogens is 1. The molecule has 132 valence electrons. The molecule has 0 aliphatic carbocycles. The van der Waals surface area contributed by atoms with Crippen LogP contribution in [-0.4, -0.2) is 23.5 Å². The van der Waals surface area contributed by atoms with Gasteiger partial charge in [0.2, 0.25) is 0 Å². The van der Waals surface area contributed by atoms with E-state index < -0.39 is 0 Å². The lowest BCUT2D eigenvalue weighted by Crippen LogP contribution is -2.30. The van der Waals surface area contributed by atoms with Crippen LogP contribution in [0.25, 0.3) is 11.1 Å². The third kappa shape index (κ3) is 3.46. The molecule has 0 N–H and O–H groups in total. The van der Waals surface area contributed by atoms with Crippen molar-refractivity contribution in [2.45, 2.75) is 19.5 Å². The molecule has 1 aliphatic heterocycles. The molecule has 1 aliphatic rings. The summed E-state index contributed by atoms with van der Waals surface area (Å²) in [7, 11) is 1.60. The monoisotopic (exact) mass is 348 g/mol. The molecule has 2 aromatic carbocycles. The van der Waals surface area contributed by atoms with Gasteiger partial charge >= 0.3 is 0 Å². The van der Waals surface area contributed by atoms with E-state index in [1.807, 2.05) is 6.20 Å². The molecule has 1 aromatic heterocycles. The maximum atomic E-state index is 13.7. The minimum absolute atomic E-state index is 0.279. The summed E-state index contributed by atoms with van der Waals surface area (Å²) in [5, 5.41) is 0. The Morgan fingerprint density at radius 1 is 1.08 bits per heavy atom. The number of benzene rings is 2. The highest BCUT2D eigenvalue weighted by molar-refractivity contribution is 5.70. The lowest BCUT2D eigenvalue weighted by molar-refractivity contribution is 0.245. The molecule has 0 unspecified atom stereocenters. The normalized spacial score (nSPS) is 14.1. The van der Waals surface area contributed by atoms with Crippen LogP contribution < -0.4 is 4.74 Å². The first kappa shape index (κ1) is 16.7. The summed E-state index contributed by atoms with van der Waals surface area (Å²) in [4.78, 5) is 6.79. The molecule has 3 nitrogen and oxygen atoms in total. The molecule has 0 fully saturated rings. The molecule has 26 heavy (non-hydrogen) atoms. The minimum atomic E-state index is -0.279. The van der Waals surface area contributed by atoms with Crippen molar-refractivity contribution in [2.24, 2.45) is 0 Å². The van der Waals surface area contributed by atoms with Gasteiger partial charge in [-0.2, -0.15) is 0 Å². The smallest absolute Gasteiger partial charge is 0.126 e. The van der Waals surface area contributed by atoms with Crippen molar-refractivity contribution in [1.82, 2.24) is 9.88 Å². The quantitative estimate of drug-likeness (QED) is 0.696. The number of ether oxygens (including phenoxy) is 1. The second kappa shape index (κ2) is 7.26. The fraction of sp³-hybridized carbons (Fsp3) is 0.227. The van der Waals surface area contributed by atoms with Crippen LogP contribution in [0.1, 0.15) is 16.7 Å². The fourth-order valence-corrected chi connectivity index (χ4v) is 3.57. The highest BCUT2D eigenvalue weighted by Gasteiger charge is 2.16. The van der Waals surface area contributed by atoms with Gasteiger partial charge < -0.3 is 4.74 Å². The summed E-state index contributed by atoms with van der Waals surface area (Å²) < 4.78 is 19.1. The topological polar surface area (TPSA) is 25.4 Å². The van der Waals surface area contributed by atoms with Gasteiger partial charge in [0.15, 0.2) is 0 Å². The van der Waals surface area contributed by atoms with Gasteiger partial charge in [-0.05, 0) is 47.4 Å². The summed E-state index contributed by atoms with van der Waals surface area (Å²) >= 11 is 0. The van der Waals surface area contributed by atoms with E-state index in [0.717, 1.165) is 42.7 Å². The molecule has 0 amide bonds. The fourth-order valence-electron chi connectivity index (χ4n) is 3.57. The molecular formula is C22H21FN2O.